The Morgan fingerprint density at radius 2 is 1.63 bits per heavy atom. The SMILES string of the molecule is C[C@@H]1OCCCCCCC[C@@H](C(=O)C(=O)CC2CC2)CC(=O)[C@@H]2[C@@H]3[C@H](CN2C(=O)[C@H]1CC(=O)OC(C)(C)C)C3(C)C. The minimum Gasteiger partial charge on any atom is -0.460 e. The lowest BCUT2D eigenvalue weighted by atomic mass is 9.85. The molecule has 41 heavy (non-hydrogen) atoms. The molecule has 0 aromatic heterocycles. The van der Waals surface area contributed by atoms with Crippen LogP contribution in [0.3, 0.4) is 0 Å². The molecule has 2 saturated carbocycles. The Balaban J connectivity index is 1.59. The molecule has 0 aromatic carbocycles. The van der Waals surface area contributed by atoms with Crippen LogP contribution in [0.2, 0.25) is 0 Å². The summed E-state index contributed by atoms with van der Waals surface area (Å²) in [6, 6.07) is -0.655. The molecule has 2 aliphatic heterocycles. The summed E-state index contributed by atoms with van der Waals surface area (Å²) in [5.74, 6) is -2.49. The standard InChI is InChI=1S/C33H51NO7/c1-20-23(18-27(37)41-32(2,3)4)31(39)34-19-24-28(33(24,5)6)29(34)25(35)17-22(12-10-8-7-9-11-15-40-20)30(38)26(36)16-21-13-14-21/h20-24,28-29H,7-19H2,1-6H3/t20-,22+,23-,24-,28-,29+/m0/s1. The summed E-state index contributed by atoms with van der Waals surface area (Å²) in [5.41, 5.74) is -0.763. The van der Waals surface area contributed by atoms with E-state index in [1.165, 1.54) is 0 Å². The quantitative estimate of drug-likeness (QED) is 0.322. The molecule has 1 amide bonds. The molecule has 8 nitrogen and oxygen atoms in total. The number of carbonyl (C=O) groups excluding carboxylic acids is 5. The molecule has 0 aromatic rings. The largest absolute Gasteiger partial charge is 0.460 e. The first-order valence-corrected chi connectivity index (χ1v) is 15.9. The second kappa shape index (κ2) is 12.6. The Kier molecular flexibility index (Phi) is 9.82. The van der Waals surface area contributed by atoms with Gasteiger partial charge in [0.15, 0.2) is 11.6 Å². The van der Waals surface area contributed by atoms with Gasteiger partial charge in [-0.1, -0.05) is 39.5 Å². The topological polar surface area (TPSA) is 107 Å². The highest BCUT2D eigenvalue weighted by Gasteiger charge is 2.69. The fourth-order valence-corrected chi connectivity index (χ4v) is 7.12. The van der Waals surface area contributed by atoms with Crippen LogP contribution in [0, 0.1) is 35.0 Å². The van der Waals surface area contributed by atoms with Gasteiger partial charge in [0.2, 0.25) is 11.7 Å². The van der Waals surface area contributed by atoms with E-state index in [9.17, 15) is 24.0 Å². The van der Waals surface area contributed by atoms with E-state index < -0.39 is 41.3 Å². The van der Waals surface area contributed by atoms with Gasteiger partial charge >= 0.3 is 5.97 Å². The van der Waals surface area contributed by atoms with Crippen molar-refractivity contribution in [3.05, 3.63) is 0 Å². The zero-order chi connectivity index (χ0) is 30.1. The van der Waals surface area contributed by atoms with Gasteiger partial charge in [0, 0.05) is 31.9 Å². The second-order valence-corrected chi connectivity index (χ2v) is 14.7. The molecule has 2 heterocycles. The van der Waals surface area contributed by atoms with E-state index in [0.717, 1.165) is 44.9 Å². The van der Waals surface area contributed by atoms with Gasteiger partial charge in [0.1, 0.15) is 5.60 Å². The molecule has 0 bridgehead atoms. The van der Waals surface area contributed by atoms with Crippen molar-refractivity contribution in [1.82, 2.24) is 4.90 Å². The smallest absolute Gasteiger partial charge is 0.307 e. The number of carbonyl (C=O) groups is 5. The van der Waals surface area contributed by atoms with Crippen LogP contribution in [-0.2, 0) is 33.4 Å². The maximum atomic E-state index is 14.2. The molecule has 4 rings (SSSR count). The lowest BCUT2D eigenvalue weighted by molar-refractivity contribution is -0.162. The van der Waals surface area contributed by atoms with Gasteiger partial charge in [0.25, 0.3) is 0 Å². The minimum atomic E-state index is -0.772. The number of piperidine rings is 1. The van der Waals surface area contributed by atoms with Gasteiger partial charge in [-0.15, -0.1) is 0 Å². The number of ether oxygens (including phenoxy) is 2. The van der Waals surface area contributed by atoms with Crippen molar-refractivity contribution in [2.75, 3.05) is 13.2 Å². The van der Waals surface area contributed by atoms with Crippen LogP contribution in [0.25, 0.3) is 0 Å². The van der Waals surface area contributed by atoms with E-state index in [4.69, 9.17) is 9.47 Å². The summed E-state index contributed by atoms with van der Waals surface area (Å²) in [7, 11) is 0. The molecule has 2 saturated heterocycles. The van der Waals surface area contributed by atoms with Crippen molar-refractivity contribution in [1.29, 1.82) is 0 Å². The summed E-state index contributed by atoms with van der Waals surface area (Å²) >= 11 is 0. The number of fused-ring (bicyclic) bond motifs is 3. The fraction of sp³-hybridized carbons (Fsp3) is 0.848. The van der Waals surface area contributed by atoms with Crippen molar-refractivity contribution in [2.45, 2.75) is 130 Å². The van der Waals surface area contributed by atoms with Crippen LogP contribution in [0.15, 0.2) is 0 Å². The molecule has 0 spiro atoms. The molecule has 0 unspecified atom stereocenters. The molecular weight excluding hydrogens is 522 g/mol. The van der Waals surface area contributed by atoms with E-state index in [0.29, 0.717) is 31.9 Å². The summed E-state index contributed by atoms with van der Waals surface area (Å²) in [6.45, 7) is 12.4. The van der Waals surface area contributed by atoms with Gasteiger partial charge in [-0.25, -0.2) is 0 Å². The highest BCUT2D eigenvalue weighted by Crippen LogP contribution is 2.65. The highest BCUT2D eigenvalue weighted by molar-refractivity contribution is 6.38. The number of nitrogens with zero attached hydrogens (tertiary/aromatic N) is 1. The van der Waals surface area contributed by atoms with Crippen LogP contribution in [-0.4, -0.2) is 65.0 Å². The molecule has 4 aliphatic rings. The predicted molar refractivity (Wildman–Crippen MR) is 154 cm³/mol. The zero-order valence-electron chi connectivity index (χ0n) is 26.0. The predicted octanol–water partition coefficient (Wildman–Crippen LogP) is 5.09. The van der Waals surface area contributed by atoms with E-state index in [1.807, 2.05) is 6.92 Å². The monoisotopic (exact) mass is 573 g/mol. The minimum absolute atomic E-state index is 0.00816. The number of rotatable bonds is 6. The van der Waals surface area contributed by atoms with Gasteiger partial charge < -0.3 is 14.4 Å². The van der Waals surface area contributed by atoms with Crippen molar-refractivity contribution in [3.8, 4) is 0 Å². The number of ketones is 3. The molecule has 6 atom stereocenters. The number of esters is 1. The molecule has 8 heteroatoms. The third-order valence-electron chi connectivity index (χ3n) is 9.85. The van der Waals surface area contributed by atoms with Crippen LogP contribution in [0.4, 0.5) is 0 Å². The number of amides is 1. The van der Waals surface area contributed by atoms with E-state index in [-0.39, 0.29) is 47.6 Å². The maximum Gasteiger partial charge on any atom is 0.307 e. The Morgan fingerprint density at radius 1 is 0.976 bits per heavy atom. The van der Waals surface area contributed by atoms with Gasteiger partial charge in [-0.3, -0.25) is 24.0 Å². The average molecular weight is 574 g/mol. The Bertz CT molecular complexity index is 1020. The molecular formula is C33H51NO7. The lowest BCUT2D eigenvalue weighted by Crippen LogP contribution is -2.51. The first kappa shape index (κ1) is 31.8. The molecule has 230 valence electrons. The van der Waals surface area contributed by atoms with Gasteiger partial charge in [-0.05, 0) is 76.5 Å². The van der Waals surface area contributed by atoms with E-state index >= 15 is 0 Å². The summed E-state index contributed by atoms with van der Waals surface area (Å²) in [6.07, 6.45) is 6.63. The molecule has 2 aliphatic carbocycles. The normalized spacial score (nSPS) is 33.1. The highest BCUT2D eigenvalue weighted by atomic mass is 16.6. The number of hydrogen-bond donors (Lipinski definition) is 0. The van der Waals surface area contributed by atoms with E-state index in [1.54, 1.807) is 25.7 Å². The van der Waals surface area contributed by atoms with Crippen molar-refractivity contribution in [3.63, 3.8) is 0 Å². The Labute approximate surface area is 245 Å². The van der Waals surface area contributed by atoms with Crippen LogP contribution in [0.5, 0.6) is 0 Å². The summed E-state index contributed by atoms with van der Waals surface area (Å²) < 4.78 is 11.7. The van der Waals surface area contributed by atoms with Gasteiger partial charge in [-0.2, -0.15) is 0 Å². The van der Waals surface area contributed by atoms with Crippen molar-refractivity contribution < 1.29 is 33.4 Å². The van der Waals surface area contributed by atoms with Crippen LogP contribution in [0.1, 0.15) is 112 Å². The fourth-order valence-electron chi connectivity index (χ4n) is 7.12. The van der Waals surface area contributed by atoms with Gasteiger partial charge in [0.05, 0.1) is 24.5 Å². The third-order valence-corrected chi connectivity index (χ3v) is 9.85. The average Bonchev–Trinajstić information content (AvgIpc) is 3.72. The first-order chi connectivity index (χ1) is 19.2. The lowest BCUT2D eigenvalue weighted by Gasteiger charge is -2.35. The Hall–Kier alpha value is -2.09. The number of hydrogen-bond acceptors (Lipinski definition) is 7. The van der Waals surface area contributed by atoms with Crippen molar-refractivity contribution >= 4 is 29.2 Å². The zero-order valence-corrected chi connectivity index (χ0v) is 26.0. The second-order valence-electron chi connectivity index (χ2n) is 14.7. The molecule has 0 N–H and O–H groups in total. The summed E-state index contributed by atoms with van der Waals surface area (Å²) in [5, 5.41) is 0. The number of Topliss-reactive ketones (excluding diaryl/α,β-unsaturated/α-hetero) is 3. The van der Waals surface area contributed by atoms with E-state index in [2.05, 4.69) is 13.8 Å². The van der Waals surface area contributed by atoms with Crippen LogP contribution < -0.4 is 0 Å². The summed E-state index contributed by atoms with van der Waals surface area (Å²) in [4.78, 5) is 68.9. The van der Waals surface area contributed by atoms with Crippen molar-refractivity contribution in [2.24, 2.45) is 35.0 Å². The first-order valence-electron chi connectivity index (χ1n) is 15.9. The Morgan fingerprint density at radius 3 is 2.29 bits per heavy atom. The molecule has 4 fully saturated rings. The molecule has 0 radical (unpaired) electrons. The third kappa shape index (κ3) is 7.85. The maximum absolute atomic E-state index is 14.2. The van der Waals surface area contributed by atoms with Crippen LogP contribution >= 0.6 is 0 Å².